The molecule has 3 aromatic rings. The molecule has 25 heavy (non-hydrogen) atoms. The van der Waals surface area contributed by atoms with Gasteiger partial charge in [0.2, 0.25) is 0 Å². The molecule has 0 aromatic heterocycles. The Bertz CT molecular complexity index is 815. The SMILES string of the molecule is COS(=O)(=O)OS(c1ccccc1)(c1ccccc1)c1ccccc1. The summed E-state index contributed by atoms with van der Waals surface area (Å²) in [6.45, 7) is 0. The maximum Gasteiger partial charge on any atom is 0.409 e. The lowest BCUT2D eigenvalue weighted by Gasteiger charge is -2.38. The summed E-state index contributed by atoms with van der Waals surface area (Å²) < 4.78 is 35.0. The summed E-state index contributed by atoms with van der Waals surface area (Å²) in [4.78, 5) is 2.31. The number of hydrogen-bond acceptors (Lipinski definition) is 4. The van der Waals surface area contributed by atoms with Crippen LogP contribution in [0.1, 0.15) is 0 Å². The van der Waals surface area contributed by atoms with Crippen LogP contribution >= 0.6 is 10.3 Å². The van der Waals surface area contributed by atoms with Gasteiger partial charge in [-0.1, -0.05) is 54.6 Å². The van der Waals surface area contributed by atoms with E-state index in [9.17, 15) is 8.42 Å². The van der Waals surface area contributed by atoms with E-state index >= 15 is 0 Å². The zero-order valence-corrected chi connectivity index (χ0v) is 15.2. The third-order valence-corrected chi connectivity index (χ3v) is 8.31. The molecule has 6 heteroatoms. The minimum Gasteiger partial charge on any atom is -0.251 e. The van der Waals surface area contributed by atoms with Crippen molar-refractivity contribution in [3.8, 4) is 0 Å². The second-order valence-electron chi connectivity index (χ2n) is 5.14. The van der Waals surface area contributed by atoms with E-state index in [0.717, 1.165) is 21.8 Å². The first-order valence-corrected chi connectivity index (χ1v) is 10.5. The summed E-state index contributed by atoms with van der Waals surface area (Å²) in [5.41, 5.74) is 0. The monoisotopic (exact) mass is 374 g/mol. The van der Waals surface area contributed by atoms with Gasteiger partial charge in [0.25, 0.3) is 0 Å². The molecule has 0 N–H and O–H groups in total. The van der Waals surface area contributed by atoms with Crippen LogP contribution in [-0.4, -0.2) is 15.5 Å². The zero-order chi connectivity index (χ0) is 17.8. The molecule has 0 radical (unpaired) electrons. The maximum atomic E-state index is 12.3. The van der Waals surface area contributed by atoms with Gasteiger partial charge in [0.15, 0.2) is 0 Å². The van der Waals surface area contributed by atoms with Crippen molar-refractivity contribution in [2.24, 2.45) is 0 Å². The molecule has 0 unspecified atom stereocenters. The lowest BCUT2D eigenvalue weighted by molar-refractivity contribution is 0.339. The normalized spacial score (nSPS) is 12.7. The van der Waals surface area contributed by atoms with Crippen molar-refractivity contribution in [2.45, 2.75) is 14.7 Å². The summed E-state index contributed by atoms with van der Waals surface area (Å²) in [5, 5.41) is 0. The Balaban J connectivity index is 2.36. The highest BCUT2D eigenvalue weighted by atomic mass is 32.3. The van der Waals surface area contributed by atoms with E-state index in [1.54, 1.807) is 0 Å². The summed E-state index contributed by atoms with van der Waals surface area (Å²) in [6.07, 6.45) is 0. The molecule has 130 valence electrons. The van der Waals surface area contributed by atoms with E-state index in [4.69, 9.17) is 3.63 Å². The van der Waals surface area contributed by atoms with Crippen molar-refractivity contribution in [3.63, 3.8) is 0 Å². The Morgan fingerprint density at radius 3 is 1.20 bits per heavy atom. The molecular formula is C19H18O4S2. The fourth-order valence-corrected chi connectivity index (χ4v) is 7.12. The number of hydrogen-bond donors (Lipinski definition) is 0. The predicted molar refractivity (Wildman–Crippen MR) is 98.7 cm³/mol. The van der Waals surface area contributed by atoms with Gasteiger partial charge < -0.3 is 0 Å². The first kappa shape index (κ1) is 17.7. The minimum absolute atomic E-state index is 0.771. The molecule has 0 atom stereocenters. The Labute approximate surface area is 149 Å². The van der Waals surface area contributed by atoms with Crippen molar-refractivity contribution in [1.82, 2.24) is 0 Å². The third-order valence-electron chi connectivity index (χ3n) is 3.61. The number of rotatable bonds is 6. The lowest BCUT2D eigenvalue weighted by Crippen LogP contribution is -2.15. The summed E-state index contributed by atoms with van der Waals surface area (Å²) in [6, 6.07) is 28.1. The molecule has 0 aliphatic carbocycles. The number of benzene rings is 3. The van der Waals surface area contributed by atoms with Crippen LogP contribution < -0.4 is 0 Å². The average Bonchev–Trinajstić information content (AvgIpc) is 2.68. The van der Waals surface area contributed by atoms with Crippen LogP contribution in [0.2, 0.25) is 0 Å². The van der Waals surface area contributed by atoms with E-state index in [1.165, 1.54) is 0 Å². The standard InChI is InChI=1S/C19H18O4S2/c1-22-25(20,21)23-24(17-11-5-2-6-12-17,18-13-7-3-8-14-18)19-15-9-4-10-16-19/h2-16H,1H3. The molecule has 0 heterocycles. The molecule has 0 amide bonds. The van der Waals surface area contributed by atoms with Crippen molar-refractivity contribution >= 4 is 20.7 Å². The molecule has 0 aliphatic heterocycles. The van der Waals surface area contributed by atoms with Gasteiger partial charge >= 0.3 is 10.4 Å². The average molecular weight is 374 g/mol. The molecule has 0 spiro atoms. The molecular weight excluding hydrogens is 356 g/mol. The van der Waals surface area contributed by atoms with Crippen LogP contribution in [0.4, 0.5) is 0 Å². The first-order chi connectivity index (χ1) is 12.1. The smallest absolute Gasteiger partial charge is 0.251 e. The van der Waals surface area contributed by atoms with Crippen LogP contribution in [0.15, 0.2) is 106 Å². The van der Waals surface area contributed by atoms with Crippen LogP contribution in [-0.2, 0) is 18.2 Å². The quantitative estimate of drug-likeness (QED) is 0.622. The highest BCUT2D eigenvalue weighted by Gasteiger charge is 2.37. The highest BCUT2D eigenvalue weighted by molar-refractivity contribution is 8.32. The largest absolute Gasteiger partial charge is 0.409 e. The zero-order valence-electron chi connectivity index (χ0n) is 13.6. The molecule has 0 fully saturated rings. The molecule has 3 aromatic carbocycles. The van der Waals surface area contributed by atoms with Gasteiger partial charge in [-0.2, -0.15) is 12.0 Å². The van der Waals surface area contributed by atoms with Crippen LogP contribution in [0.25, 0.3) is 0 Å². The van der Waals surface area contributed by atoms with Crippen molar-refractivity contribution < 1.29 is 16.2 Å². The van der Waals surface area contributed by atoms with Crippen molar-refractivity contribution in [1.29, 1.82) is 0 Å². The van der Waals surface area contributed by atoms with Gasteiger partial charge in [0, 0.05) is 14.7 Å². The van der Waals surface area contributed by atoms with Gasteiger partial charge in [0.1, 0.15) is 0 Å². The second-order valence-corrected chi connectivity index (χ2v) is 9.36. The van der Waals surface area contributed by atoms with Gasteiger partial charge in [0.05, 0.1) is 7.11 Å². The third kappa shape index (κ3) is 3.62. The van der Waals surface area contributed by atoms with E-state index in [2.05, 4.69) is 4.18 Å². The Kier molecular flexibility index (Phi) is 5.24. The van der Waals surface area contributed by atoms with Crippen LogP contribution in [0.3, 0.4) is 0 Å². The van der Waals surface area contributed by atoms with Gasteiger partial charge in [-0.25, -0.2) is 0 Å². The Morgan fingerprint density at radius 2 is 0.920 bits per heavy atom. The fourth-order valence-electron chi connectivity index (χ4n) is 2.52. The molecule has 0 saturated carbocycles. The fraction of sp³-hybridized carbons (Fsp3) is 0.0526. The first-order valence-electron chi connectivity index (χ1n) is 7.59. The second kappa shape index (κ2) is 7.41. The van der Waals surface area contributed by atoms with Gasteiger partial charge in [-0.15, -0.1) is 0 Å². The minimum atomic E-state index is -4.18. The summed E-state index contributed by atoms with van der Waals surface area (Å²) in [7, 11) is -5.60. The molecule has 0 saturated heterocycles. The van der Waals surface area contributed by atoms with Crippen molar-refractivity contribution in [2.75, 3.05) is 7.11 Å². The Morgan fingerprint density at radius 1 is 0.600 bits per heavy atom. The maximum absolute atomic E-state index is 12.3. The van der Waals surface area contributed by atoms with Crippen molar-refractivity contribution in [3.05, 3.63) is 91.0 Å². The topological polar surface area (TPSA) is 52.6 Å². The molecule has 0 aliphatic rings. The van der Waals surface area contributed by atoms with Crippen LogP contribution in [0.5, 0.6) is 0 Å². The molecule has 3 rings (SSSR count). The van der Waals surface area contributed by atoms with E-state index in [1.807, 2.05) is 91.0 Å². The summed E-state index contributed by atoms with van der Waals surface area (Å²) in [5.74, 6) is 0. The Hall–Kier alpha value is -2.12. The van der Waals surface area contributed by atoms with Gasteiger partial charge in [-0.3, -0.25) is 4.18 Å². The van der Waals surface area contributed by atoms with E-state index in [-0.39, 0.29) is 0 Å². The van der Waals surface area contributed by atoms with Crippen LogP contribution in [0, 0.1) is 0 Å². The predicted octanol–water partition coefficient (Wildman–Crippen LogP) is 4.79. The summed E-state index contributed by atoms with van der Waals surface area (Å²) >= 11 is 0. The lowest BCUT2D eigenvalue weighted by atomic mass is 10.4. The molecule has 0 bridgehead atoms. The van der Waals surface area contributed by atoms with Gasteiger partial charge in [-0.05, 0) is 46.7 Å². The highest BCUT2D eigenvalue weighted by Crippen LogP contribution is 2.69. The molecule has 4 nitrogen and oxygen atoms in total. The van der Waals surface area contributed by atoms with E-state index < -0.39 is 20.7 Å². The van der Waals surface area contributed by atoms with E-state index in [0.29, 0.717) is 0 Å².